The van der Waals surface area contributed by atoms with Crippen LogP contribution in [0.15, 0.2) is 41.1 Å². The number of piperidine rings is 1. The third-order valence-corrected chi connectivity index (χ3v) is 7.07. The SMILES string of the molecule is OC(O)(O)Oc1cc2c(Nc3ccc(Br)cc3F)ncnc2cc1OCC1(O)C(O)(O)C(O)(O)N(C(O)(O)O)C(O)(O)C1(O)O. The smallest absolute Gasteiger partial charge is 0.453 e. The van der Waals surface area contributed by atoms with Crippen LogP contribution in [0.2, 0.25) is 0 Å². The standard InChI is InChI=1S/C22H24BrFN4O17/c23-8-1-2-11(10(24)3-8)27-15-9-4-14(45-22(41,42)43)13(5-12(9)25-7-26-15)44-6-16(29)17(30,31)19(34,35)28(21(38,39)40)20(36,37)18(16,32)33/h1-5,7,29-43H,6H2,(H,25,26,27). The zero-order chi connectivity index (χ0) is 34.2. The van der Waals surface area contributed by atoms with Gasteiger partial charge in [0.15, 0.2) is 11.5 Å². The molecular formula is C22H24BrFN4O17. The molecule has 0 amide bonds. The molecule has 0 unspecified atom stereocenters. The van der Waals surface area contributed by atoms with Crippen LogP contribution in [0, 0.1) is 5.82 Å². The summed E-state index contributed by atoms with van der Waals surface area (Å²) in [7, 11) is 0. The summed E-state index contributed by atoms with van der Waals surface area (Å²) in [6.07, 6.45) is -7.95. The quantitative estimate of drug-likeness (QED) is 0.0965. The topological polar surface area (TPSA) is 363 Å². The van der Waals surface area contributed by atoms with Crippen LogP contribution < -0.4 is 14.8 Å². The van der Waals surface area contributed by atoms with E-state index in [0.717, 1.165) is 24.5 Å². The second-order valence-corrected chi connectivity index (χ2v) is 10.6. The third kappa shape index (κ3) is 5.64. The van der Waals surface area contributed by atoms with Crippen LogP contribution in [0.1, 0.15) is 0 Å². The molecule has 0 saturated carbocycles. The number of fused-ring (bicyclic) bond motifs is 1. The number of ether oxygens (including phenoxy) is 2. The molecule has 1 fully saturated rings. The van der Waals surface area contributed by atoms with Gasteiger partial charge < -0.3 is 91.4 Å². The lowest BCUT2D eigenvalue weighted by Crippen LogP contribution is -2.96. The number of nitrogens with zero attached hydrogens (tertiary/aromatic N) is 3. The van der Waals surface area contributed by atoms with Crippen molar-refractivity contribution >= 4 is 38.3 Å². The minimum atomic E-state index is -4.99. The molecule has 0 spiro atoms. The Morgan fingerprint density at radius 3 is 1.91 bits per heavy atom. The molecule has 0 radical (unpaired) electrons. The molecule has 4 rings (SSSR count). The average molecular weight is 715 g/mol. The summed E-state index contributed by atoms with van der Waals surface area (Å²) in [5.41, 5.74) is -4.88. The molecule has 1 aliphatic heterocycles. The first kappa shape index (κ1) is 34.8. The van der Waals surface area contributed by atoms with Crippen molar-refractivity contribution in [1.29, 1.82) is 0 Å². The van der Waals surface area contributed by atoms with E-state index in [0.29, 0.717) is 4.47 Å². The molecule has 21 nitrogen and oxygen atoms in total. The second-order valence-electron chi connectivity index (χ2n) is 9.66. The van der Waals surface area contributed by atoms with E-state index in [4.69, 9.17) is 4.74 Å². The van der Waals surface area contributed by atoms with Gasteiger partial charge in [-0.3, -0.25) is 0 Å². The molecule has 0 atom stereocenters. The monoisotopic (exact) mass is 714 g/mol. The number of anilines is 2. The Balaban J connectivity index is 1.82. The summed E-state index contributed by atoms with van der Waals surface area (Å²) in [6, 6.07) is 5.46. The minimum absolute atomic E-state index is 0.120. The molecule has 0 bridgehead atoms. The highest BCUT2D eigenvalue weighted by Gasteiger charge is 2.87. The number of hydrogen-bond acceptors (Lipinski definition) is 21. The Morgan fingerprint density at radius 2 is 1.40 bits per heavy atom. The fraction of sp³-hybridized carbons (Fsp3) is 0.364. The summed E-state index contributed by atoms with van der Waals surface area (Å²) >= 11 is 3.09. The Labute approximate surface area is 255 Å². The van der Waals surface area contributed by atoms with Crippen LogP contribution in [0.5, 0.6) is 11.5 Å². The largest absolute Gasteiger partial charge is 0.486 e. The zero-order valence-corrected chi connectivity index (χ0v) is 23.4. The van der Waals surface area contributed by atoms with Crippen molar-refractivity contribution in [3.05, 3.63) is 46.9 Å². The van der Waals surface area contributed by atoms with Crippen molar-refractivity contribution in [3.8, 4) is 11.5 Å². The van der Waals surface area contributed by atoms with Crippen LogP contribution in [0.4, 0.5) is 15.9 Å². The molecular weight excluding hydrogens is 691 g/mol. The maximum absolute atomic E-state index is 14.4. The molecule has 16 N–H and O–H groups in total. The predicted molar refractivity (Wildman–Crippen MR) is 137 cm³/mol. The van der Waals surface area contributed by atoms with Crippen molar-refractivity contribution in [1.82, 2.24) is 14.9 Å². The molecule has 0 aliphatic carbocycles. The Kier molecular flexibility index (Phi) is 8.32. The number of nitrogens with one attached hydrogen (secondary N) is 1. The van der Waals surface area contributed by atoms with Gasteiger partial charge in [-0.15, -0.1) is 4.90 Å². The Morgan fingerprint density at radius 1 is 0.822 bits per heavy atom. The maximum Gasteiger partial charge on any atom is 0.453 e. The van der Waals surface area contributed by atoms with E-state index in [2.05, 4.69) is 36.0 Å². The first-order valence-corrected chi connectivity index (χ1v) is 12.6. The number of hydrogen-bond donors (Lipinski definition) is 16. The van der Waals surface area contributed by atoms with Gasteiger partial charge in [-0.05, 0) is 24.3 Å². The van der Waals surface area contributed by atoms with E-state index in [9.17, 15) is 81.0 Å². The van der Waals surface area contributed by atoms with Gasteiger partial charge in [-0.25, -0.2) is 14.4 Å². The third-order valence-electron chi connectivity index (χ3n) is 6.58. The van der Waals surface area contributed by atoms with E-state index in [1.54, 1.807) is 0 Å². The number of halogens is 2. The van der Waals surface area contributed by atoms with Crippen molar-refractivity contribution in [2.24, 2.45) is 0 Å². The first-order valence-electron chi connectivity index (χ1n) is 11.8. The predicted octanol–water partition coefficient (Wildman–Crippen LogP) is -6.11. The molecule has 1 saturated heterocycles. The number of likely N-dealkylation sites (tertiary alicyclic amines) is 1. The molecule has 1 aliphatic rings. The van der Waals surface area contributed by atoms with Gasteiger partial charge in [0.2, 0.25) is 5.60 Å². The fourth-order valence-electron chi connectivity index (χ4n) is 4.35. The van der Waals surface area contributed by atoms with Crippen LogP contribution in [-0.2, 0) is 0 Å². The number of benzene rings is 2. The second kappa shape index (κ2) is 10.8. The van der Waals surface area contributed by atoms with E-state index < -0.39 is 70.1 Å². The molecule has 2 aromatic carbocycles. The van der Waals surface area contributed by atoms with Gasteiger partial charge in [0.05, 0.1) is 11.2 Å². The molecule has 248 valence electrons. The minimum Gasteiger partial charge on any atom is -0.486 e. The van der Waals surface area contributed by atoms with Gasteiger partial charge in [0.1, 0.15) is 24.6 Å². The fourth-order valence-corrected chi connectivity index (χ4v) is 4.68. The van der Waals surface area contributed by atoms with Crippen LogP contribution in [0.3, 0.4) is 0 Å². The highest BCUT2D eigenvalue weighted by Crippen LogP contribution is 2.52. The lowest BCUT2D eigenvalue weighted by molar-refractivity contribution is -0.644. The van der Waals surface area contributed by atoms with E-state index in [1.165, 1.54) is 12.1 Å². The van der Waals surface area contributed by atoms with Gasteiger partial charge in [0.25, 0.3) is 23.4 Å². The van der Waals surface area contributed by atoms with Gasteiger partial charge in [-0.1, -0.05) is 15.9 Å². The molecule has 2 heterocycles. The van der Waals surface area contributed by atoms with Crippen LogP contribution >= 0.6 is 15.9 Å². The van der Waals surface area contributed by atoms with Crippen LogP contribution in [-0.4, -0.2) is 139 Å². The molecule has 23 heteroatoms. The summed E-state index contributed by atoms with van der Waals surface area (Å²) in [4.78, 5) is 6.16. The lowest BCUT2D eigenvalue weighted by atomic mass is 9.75. The summed E-state index contributed by atoms with van der Waals surface area (Å²) in [5, 5.41) is 152. The summed E-state index contributed by atoms with van der Waals surface area (Å²) in [6.45, 7) is -2.10. The van der Waals surface area contributed by atoms with Crippen LogP contribution in [0.25, 0.3) is 10.9 Å². The number of rotatable bonds is 8. The normalized spacial score (nSPS) is 20.6. The van der Waals surface area contributed by atoms with Gasteiger partial charge >= 0.3 is 12.3 Å². The molecule has 45 heavy (non-hydrogen) atoms. The Bertz CT molecular complexity index is 1580. The van der Waals surface area contributed by atoms with Crippen molar-refractivity contribution < 1.29 is 90.5 Å². The highest BCUT2D eigenvalue weighted by molar-refractivity contribution is 9.10. The maximum atomic E-state index is 14.4. The summed E-state index contributed by atoms with van der Waals surface area (Å²) in [5.74, 6) is -22.7. The van der Waals surface area contributed by atoms with Crippen molar-refractivity contribution in [2.45, 2.75) is 41.3 Å². The zero-order valence-electron chi connectivity index (χ0n) is 21.8. The lowest BCUT2D eigenvalue weighted by Gasteiger charge is -2.63. The van der Waals surface area contributed by atoms with E-state index in [-0.39, 0.29) is 22.4 Å². The van der Waals surface area contributed by atoms with Crippen molar-refractivity contribution in [2.75, 3.05) is 11.9 Å². The average Bonchev–Trinajstić information content (AvgIpc) is 2.86. The number of aliphatic hydroxyl groups is 15. The Hall–Kier alpha value is -3.05. The highest BCUT2D eigenvalue weighted by atomic mass is 79.9. The van der Waals surface area contributed by atoms with E-state index >= 15 is 0 Å². The summed E-state index contributed by atoms with van der Waals surface area (Å²) < 4.78 is 24.4. The van der Waals surface area contributed by atoms with Gasteiger partial charge in [-0.2, -0.15) is 0 Å². The van der Waals surface area contributed by atoms with Gasteiger partial charge in [0, 0.05) is 15.9 Å². The first-order chi connectivity index (χ1) is 20.3. The van der Waals surface area contributed by atoms with Crippen molar-refractivity contribution in [3.63, 3.8) is 0 Å². The molecule has 1 aromatic heterocycles. The molecule has 3 aromatic rings. The van der Waals surface area contributed by atoms with E-state index in [1.807, 2.05) is 0 Å². The number of aromatic nitrogens is 2.